The van der Waals surface area contributed by atoms with Crippen molar-refractivity contribution in [2.45, 2.75) is 33.4 Å². The van der Waals surface area contributed by atoms with Gasteiger partial charge in [0.2, 0.25) is 0 Å². The van der Waals surface area contributed by atoms with Gasteiger partial charge in [-0.25, -0.2) is 0 Å². The maximum absolute atomic E-state index is 6.01. The van der Waals surface area contributed by atoms with Crippen LogP contribution >= 0.6 is 0 Å². The monoisotopic (exact) mass is 286 g/mol. The number of aryl methyl sites for hydroxylation is 1. The fourth-order valence-corrected chi connectivity index (χ4v) is 1.94. The topological polar surface area (TPSA) is 43.4 Å². The Balaban J connectivity index is 2.23. The Morgan fingerprint density at radius 1 is 1.14 bits per heavy atom. The van der Waals surface area contributed by atoms with Crippen LogP contribution in [0.1, 0.15) is 25.0 Å². The highest BCUT2D eigenvalue weighted by atomic mass is 16.5. The lowest BCUT2D eigenvalue weighted by Gasteiger charge is -2.15. The summed E-state index contributed by atoms with van der Waals surface area (Å²) in [6, 6.07) is 8.17. The molecule has 0 saturated carbocycles. The van der Waals surface area contributed by atoms with Gasteiger partial charge in [-0.2, -0.15) is 0 Å². The largest absolute Gasteiger partial charge is 0.493 e. The first-order valence-electron chi connectivity index (χ1n) is 7.09. The zero-order valence-corrected chi connectivity index (χ0v) is 13.0. The number of methoxy groups -OCH3 is 1. The average molecular weight is 286 g/mol. The first kappa shape index (κ1) is 15.3. The van der Waals surface area contributed by atoms with Crippen LogP contribution in [0, 0.1) is 6.92 Å². The molecule has 0 aliphatic carbocycles. The summed E-state index contributed by atoms with van der Waals surface area (Å²) in [5, 5.41) is 3.37. The zero-order chi connectivity index (χ0) is 15.2. The molecule has 0 unspecified atom stereocenters. The number of hydrogen-bond donors (Lipinski definition) is 1. The van der Waals surface area contributed by atoms with E-state index in [1.54, 1.807) is 13.3 Å². The fourth-order valence-electron chi connectivity index (χ4n) is 1.94. The number of aromatic nitrogens is 1. The molecule has 2 rings (SSSR count). The highest BCUT2D eigenvalue weighted by Gasteiger charge is 2.09. The third-order valence-electron chi connectivity index (χ3n) is 3.10. The van der Waals surface area contributed by atoms with E-state index in [1.807, 2.05) is 37.4 Å². The van der Waals surface area contributed by atoms with Crippen molar-refractivity contribution in [3.8, 4) is 17.2 Å². The van der Waals surface area contributed by atoms with Crippen molar-refractivity contribution in [2.24, 2.45) is 0 Å². The number of nitrogens with zero attached hydrogens (tertiary/aromatic N) is 1. The van der Waals surface area contributed by atoms with Gasteiger partial charge in [-0.3, -0.25) is 4.98 Å². The molecule has 1 heterocycles. The SMILES string of the molecule is COc1cc(C)ccc1Oc1ccncc1CNC(C)C. The molecule has 112 valence electrons. The second-order valence-electron chi connectivity index (χ2n) is 5.28. The van der Waals surface area contributed by atoms with E-state index in [4.69, 9.17) is 9.47 Å². The second kappa shape index (κ2) is 7.09. The minimum atomic E-state index is 0.409. The Morgan fingerprint density at radius 3 is 2.67 bits per heavy atom. The fraction of sp³-hybridized carbons (Fsp3) is 0.353. The highest BCUT2D eigenvalue weighted by molar-refractivity contribution is 5.46. The number of hydrogen-bond acceptors (Lipinski definition) is 4. The van der Waals surface area contributed by atoms with E-state index in [-0.39, 0.29) is 0 Å². The minimum absolute atomic E-state index is 0.409. The molecule has 0 aliphatic heterocycles. The molecule has 4 heteroatoms. The molecule has 0 radical (unpaired) electrons. The number of rotatable bonds is 6. The van der Waals surface area contributed by atoms with Gasteiger partial charge in [-0.05, 0) is 30.7 Å². The summed E-state index contributed by atoms with van der Waals surface area (Å²) in [4.78, 5) is 4.17. The Labute approximate surface area is 126 Å². The van der Waals surface area contributed by atoms with E-state index in [2.05, 4.69) is 24.1 Å². The van der Waals surface area contributed by atoms with E-state index in [0.29, 0.717) is 11.8 Å². The third kappa shape index (κ3) is 4.20. The first-order chi connectivity index (χ1) is 10.1. The lowest BCUT2D eigenvalue weighted by Crippen LogP contribution is -2.22. The van der Waals surface area contributed by atoms with E-state index < -0.39 is 0 Å². The van der Waals surface area contributed by atoms with Gasteiger partial charge in [-0.1, -0.05) is 19.9 Å². The molecular weight excluding hydrogens is 264 g/mol. The van der Waals surface area contributed by atoms with E-state index >= 15 is 0 Å². The van der Waals surface area contributed by atoms with Gasteiger partial charge in [0.25, 0.3) is 0 Å². The van der Waals surface area contributed by atoms with Gasteiger partial charge >= 0.3 is 0 Å². The van der Waals surface area contributed by atoms with Crippen molar-refractivity contribution < 1.29 is 9.47 Å². The molecular formula is C17H22N2O2. The quantitative estimate of drug-likeness (QED) is 0.879. The normalized spacial score (nSPS) is 10.7. The summed E-state index contributed by atoms with van der Waals surface area (Å²) < 4.78 is 11.4. The molecule has 0 spiro atoms. The molecule has 0 aliphatic rings. The van der Waals surface area contributed by atoms with Gasteiger partial charge in [-0.15, -0.1) is 0 Å². The number of nitrogens with one attached hydrogen (secondary N) is 1. The van der Waals surface area contributed by atoms with Crippen LogP contribution in [0.5, 0.6) is 17.2 Å². The molecule has 2 aromatic rings. The molecule has 1 N–H and O–H groups in total. The molecule has 0 bridgehead atoms. The second-order valence-corrected chi connectivity index (χ2v) is 5.28. The van der Waals surface area contributed by atoms with Crippen LogP contribution in [0.3, 0.4) is 0 Å². The lowest BCUT2D eigenvalue weighted by molar-refractivity contribution is 0.376. The van der Waals surface area contributed by atoms with Gasteiger partial charge in [0.15, 0.2) is 11.5 Å². The first-order valence-corrected chi connectivity index (χ1v) is 7.09. The molecule has 0 amide bonds. The molecule has 0 saturated heterocycles. The van der Waals surface area contributed by atoms with Crippen LogP contribution in [-0.2, 0) is 6.54 Å². The van der Waals surface area contributed by atoms with Crippen molar-refractivity contribution in [3.05, 3.63) is 47.8 Å². The van der Waals surface area contributed by atoms with Crippen molar-refractivity contribution in [1.82, 2.24) is 10.3 Å². The summed E-state index contributed by atoms with van der Waals surface area (Å²) in [6.45, 7) is 6.96. The van der Waals surface area contributed by atoms with E-state index in [1.165, 1.54) is 0 Å². The predicted molar refractivity (Wildman–Crippen MR) is 84.0 cm³/mol. The van der Waals surface area contributed by atoms with Crippen LogP contribution in [0.25, 0.3) is 0 Å². The van der Waals surface area contributed by atoms with Gasteiger partial charge in [0.05, 0.1) is 7.11 Å². The van der Waals surface area contributed by atoms with E-state index in [0.717, 1.165) is 29.2 Å². The summed E-state index contributed by atoms with van der Waals surface area (Å²) in [5.41, 5.74) is 2.16. The molecule has 0 fully saturated rings. The molecule has 0 atom stereocenters. The molecule has 4 nitrogen and oxygen atoms in total. The number of benzene rings is 1. The molecule has 1 aromatic heterocycles. The summed E-state index contributed by atoms with van der Waals surface area (Å²) in [6.07, 6.45) is 3.56. The standard InChI is InChI=1S/C17H22N2O2/c1-12(2)19-11-14-10-18-8-7-15(14)21-16-6-5-13(3)9-17(16)20-4/h5-10,12,19H,11H2,1-4H3. The van der Waals surface area contributed by atoms with Gasteiger partial charge in [0.1, 0.15) is 5.75 Å². The van der Waals surface area contributed by atoms with Crippen LogP contribution in [0.15, 0.2) is 36.7 Å². The molecule has 21 heavy (non-hydrogen) atoms. The third-order valence-corrected chi connectivity index (χ3v) is 3.10. The Morgan fingerprint density at radius 2 is 1.95 bits per heavy atom. The van der Waals surface area contributed by atoms with Crippen LogP contribution in [-0.4, -0.2) is 18.1 Å². The highest BCUT2D eigenvalue weighted by Crippen LogP contribution is 2.33. The van der Waals surface area contributed by atoms with Crippen LogP contribution < -0.4 is 14.8 Å². The van der Waals surface area contributed by atoms with Crippen LogP contribution in [0.4, 0.5) is 0 Å². The Bertz CT molecular complexity index is 597. The van der Waals surface area contributed by atoms with Gasteiger partial charge in [0, 0.05) is 30.5 Å². The van der Waals surface area contributed by atoms with Crippen molar-refractivity contribution in [3.63, 3.8) is 0 Å². The zero-order valence-electron chi connectivity index (χ0n) is 13.0. The maximum atomic E-state index is 6.01. The lowest BCUT2D eigenvalue weighted by atomic mass is 10.2. The average Bonchev–Trinajstić information content (AvgIpc) is 2.48. The summed E-state index contributed by atoms with van der Waals surface area (Å²) in [5.74, 6) is 2.23. The Kier molecular flexibility index (Phi) is 5.17. The van der Waals surface area contributed by atoms with Crippen molar-refractivity contribution in [2.75, 3.05) is 7.11 Å². The summed E-state index contributed by atoms with van der Waals surface area (Å²) >= 11 is 0. The van der Waals surface area contributed by atoms with Crippen molar-refractivity contribution >= 4 is 0 Å². The van der Waals surface area contributed by atoms with Gasteiger partial charge < -0.3 is 14.8 Å². The van der Waals surface area contributed by atoms with Crippen LogP contribution in [0.2, 0.25) is 0 Å². The Hall–Kier alpha value is -2.07. The number of pyridine rings is 1. The summed E-state index contributed by atoms with van der Waals surface area (Å²) in [7, 11) is 1.65. The maximum Gasteiger partial charge on any atom is 0.169 e. The van der Waals surface area contributed by atoms with Crippen molar-refractivity contribution in [1.29, 1.82) is 0 Å². The predicted octanol–water partition coefficient (Wildman–Crippen LogP) is 3.69. The van der Waals surface area contributed by atoms with E-state index in [9.17, 15) is 0 Å². The minimum Gasteiger partial charge on any atom is -0.493 e. The molecule has 1 aromatic carbocycles. The number of ether oxygens (including phenoxy) is 2. The smallest absolute Gasteiger partial charge is 0.169 e.